The molecule has 454 valence electrons. The first-order valence-electron chi connectivity index (χ1n) is 31.3. The average molecular weight is 1250 g/mol. The number of H-pyrrole nitrogens is 3. The van der Waals surface area contributed by atoms with E-state index in [1.807, 2.05) is 88.7 Å². The molecule has 18 heteroatoms. The number of methoxy groups -OCH3 is 3. The number of fused-ring (bicyclic) bond motifs is 12. The Hall–Kier alpha value is -8.84. The maximum atomic E-state index is 15.3. The molecule has 0 radical (unpaired) electrons. The third-order valence-corrected chi connectivity index (χ3v) is 21.6. The third kappa shape index (κ3) is 8.60. The van der Waals surface area contributed by atoms with Crippen LogP contribution in [0.5, 0.6) is 17.2 Å². The Bertz CT molecular complexity index is 4540. The normalized spacial score (nSPS) is 22.7. The minimum atomic E-state index is -0.562. The molecule has 6 aromatic carbocycles. The van der Waals surface area contributed by atoms with Gasteiger partial charge in [-0.1, -0.05) is 128 Å². The molecule has 3 N–H and O–H groups in total. The van der Waals surface area contributed by atoms with Gasteiger partial charge in [-0.15, -0.1) is 0 Å². The van der Waals surface area contributed by atoms with Gasteiger partial charge in [-0.05, 0) is 127 Å². The van der Waals surface area contributed by atoms with Gasteiger partial charge in [0.15, 0.2) is 15.3 Å². The fourth-order valence-electron chi connectivity index (χ4n) is 16.4. The number of nitrogens with zero attached hydrogens (tertiary/aromatic N) is 6. The molecule has 9 heterocycles. The number of para-hydroxylation sites is 4. The summed E-state index contributed by atoms with van der Waals surface area (Å²) in [5, 5.41) is 4.76. The van der Waals surface area contributed by atoms with E-state index in [9.17, 15) is 9.59 Å². The van der Waals surface area contributed by atoms with Gasteiger partial charge >= 0.3 is 0 Å². The molecular formula is C72H67N9O6S3. The van der Waals surface area contributed by atoms with E-state index in [1.165, 1.54) is 6.42 Å². The van der Waals surface area contributed by atoms with Crippen molar-refractivity contribution in [3.63, 3.8) is 0 Å². The van der Waals surface area contributed by atoms with Gasteiger partial charge in [-0.25, -0.2) is 0 Å². The monoisotopic (exact) mass is 1250 g/mol. The van der Waals surface area contributed by atoms with Crippen LogP contribution in [0.25, 0.3) is 38.8 Å². The molecule has 0 bridgehead atoms. The molecule has 9 aromatic rings. The molecule has 15 nitrogen and oxygen atoms in total. The SMILES string of the molecule is COc1ccccc1C1c2[nH]c3ccccc3c2CC2C(=O)N(C/C=C\c3ccc4c5c([nH]c4c3)C(c3ccccc3OC)N3C(=S)N(C(C)Cc4ccc6c7c([nH]c6c4)C(c4ccccc4OC)N4C(=S)N(C6CCCCC6)C(=O)C4C7)C(=O)C3C5)C(=S)N21. The lowest BCUT2D eigenvalue weighted by molar-refractivity contribution is -0.130. The van der Waals surface area contributed by atoms with Crippen LogP contribution in [0.2, 0.25) is 0 Å². The van der Waals surface area contributed by atoms with E-state index in [0.717, 1.165) is 131 Å². The van der Waals surface area contributed by atoms with Gasteiger partial charge in [0.05, 0.1) is 21.3 Å². The first kappa shape index (κ1) is 56.4. The molecule has 0 spiro atoms. The van der Waals surface area contributed by atoms with Crippen molar-refractivity contribution in [1.82, 2.24) is 44.4 Å². The van der Waals surface area contributed by atoms with Crippen molar-refractivity contribution in [3.05, 3.63) is 201 Å². The molecule has 7 aliphatic rings. The van der Waals surface area contributed by atoms with Crippen molar-refractivity contribution >= 4 is 108 Å². The molecule has 7 atom stereocenters. The third-order valence-electron chi connectivity index (χ3n) is 20.4. The summed E-state index contributed by atoms with van der Waals surface area (Å²) in [7, 11) is 5.04. The Labute approximate surface area is 537 Å². The van der Waals surface area contributed by atoms with Crippen LogP contribution in [0, 0.1) is 0 Å². The summed E-state index contributed by atoms with van der Waals surface area (Å²) in [4.78, 5) is 67.8. The Kier molecular flexibility index (Phi) is 13.8. The Morgan fingerprint density at radius 2 is 1.00 bits per heavy atom. The van der Waals surface area contributed by atoms with Crippen LogP contribution in [0.4, 0.5) is 0 Å². The predicted octanol–water partition coefficient (Wildman–Crippen LogP) is 12.2. The second-order valence-electron chi connectivity index (χ2n) is 25.1. The minimum Gasteiger partial charge on any atom is -0.496 e. The van der Waals surface area contributed by atoms with Crippen LogP contribution in [-0.4, -0.2) is 135 Å². The summed E-state index contributed by atoms with van der Waals surface area (Å²) in [5.41, 5.74) is 14.0. The quantitative estimate of drug-likeness (QED) is 0.0945. The molecule has 90 heavy (non-hydrogen) atoms. The van der Waals surface area contributed by atoms with E-state index < -0.39 is 24.2 Å². The van der Waals surface area contributed by atoms with E-state index >= 15 is 4.79 Å². The number of benzene rings is 6. The lowest BCUT2D eigenvalue weighted by atomic mass is 9.88. The molecule has 3 aromatic heterocycles. The van der Waals surface area contributed by atoms with Crippen LogP contribution < -0.4 is 14.2 Å². The highest BCUT2D eigenvalue weighted by Gasteiger charge is 2.55. The van der Waals surface area contributed by atoms with Crippen LogP contribution in [0.15, 0.2) is 140 Å². The number of aromatic nitrogens is 3. The Morgan fingerprint density at radius 3 is 1.59 bits per heavy atom. The first-order valence-corrected chi connectivity index (χ1v) is 32.5. The summed E-state index contributed by atoms with van der Waals surface area (Å²) in [6.07, 6.45) is 11.4. The number of hydrogen-bond acceptors (Lipinski definition) is 9. The fraction of sp³-hybridized carbons (Fsp3) is 0.306. The predicted molar refractivity (Wildman–Crippen MR) is 360 cm³/mol. The zero-order valence-electron chi connectivity index (χ0n) is 50.4. The second kappa shape index (κ2) is 22.0. The topological polar surface area (TPSA) is 146 Å². The van der Waals surface area contributed by atoms with Crippen molar-refractivity contribution in [2.24, 2.45) is 0 Å². The number of carbonyl (C=O) groups is 3. The van der Waals surface area contributed by atoms with E-state index in [4.69, 9.17) is 50.9 Å². The first-order chi connectivity index (χ1) is 43.9. The Balaban J connectivity index is 0.669. The number of aromatic amines is 3. The van der Waals surface area contributed by atoms with Gasteiger partial charge in [0, 0.05) is 104 Å². The zero-order chi connectivity index (χ0) is 61.4. The average Bonchev–Trinajstić information content (AvgIpc) is 1.57. The van der Waals surface area contributed by atoms with Gasteiger partial charge < -0.3 is 43.9 Å². The smallest absolute Gasteiger partial charge is 0.252 e. The fourth-order valence-corrected chi connectivity index (χ4v) is 17.7. The standard InChI is InChI=1S/C72H67N9O6S3/c1-39(33-41-29-31-45-51-38-57-69(84)78(42-18-6-5-7-19-42)72(90)81(57)66(63(51)75-54(45)35-41)48-23-11-15-27-60(48)87-4)77-68(83)56-37-50-44-30-28-40(34-53(44)74-62(50)65(80(56)71(77)89)47-22-10-14-26-59(47)86-3)17-16-32-76-67(82)55-36-49-43-20-8-12-24-52(43)73-61(49)64(79(55)70(76)88)46-21-9-13-25-58(46)85-2/h8-17,20-31,34-35,39,42,55-57,64-66,73-75H,5-7,18-19,32-33,36-38H2,1-4H3/b17-16-. The van der Waals surface area contributed by atoms with Crippen LogP contribution in [-0.2, 0) is 40.1 Å². The van der Waals surface area contributed by atoms with Crippen molar-refractivity contribution in [2.45, 2.75) is 113 Å². The van der Waals surface area contributed by atoms with Gasteiger partial charge in [0.25, 0.3) is 17.7 Å². The molecule has 4 fully saturated rings. The van der Waals surface area contributed by atoms with Gasteiger partial charge in [0.1, 0.15) is 53.5 Å². The molecule has 16 rings (SSSR count). The largest absolute Gasteiger partial charge is 0.496 e. The maximum absolute atomic E-state index is 15.3. The van der Waals surface area contributed by atoms with Crippen LogP contribution in [0.3, 0.4) is 0 Å². The molecule has 6 aliphatic heterocycles. The van der Waals surface area contributed by atoms with Crippen LogP contribution in [0.1, 0.15) is 119 Å². The summed E-state index contributed by atoms with van der Waals surface area (Å²) in [5.74, 6) is 2.20. The summed E-state index contributed by atoms with van der Waals surface area (Å²) in [6.45, 7) is 2.38. The second-order valence-corrected chi connectivity index (χ2v) is 26.2. The summed E-state index contributed by atoms with van der Waals surface area (Å²) >= 11 is 19.1. The number of hydrogen-bond donors (Lipinski definition) is 3. The van der Waals surface area contributed by atoms with Crippen molar-refractivity contribution in [3.8, 4) is 17.2 Å². The molecule has 3 saturated heterocycles. The van der Waals surface area contributed by atoms with Crippen molar-refractivity contribution in [2.75, 3.05) is 27.9 Å². The number of thiocarbonyl (C=S) groups is 3. The van der Waals surface area contributed by atoms with Gasteiger partial charge in [0.2, 0.25) is 0 Å². The number of rotatable bonds is 13. The van der Waals surface area contributed by atoms with E-state index in [-0.39, 0.29) is 41.9 Å². The number of ether oxygens (including phenoxy) is 3. The van der Waals surface area contributed by atoms with E-state index in [0.29, 0.717) is 53.3 Å². The highest BCUT2D eigenvalue weighted by atomic mass is 32.1. The lowest BCUT2D eigenvalue weighted by Crippen LogP contribution is -2.44. The zero-order valence-corrected chi connectivity index (χ0v) is 52.9. The molecule has 3 amide bonds. The molecular weight excluding hydrogens is 1180 g/mol. The number of nitrogens with one attached hydrogen (secondary N) is 3. The van der Waals surface area contributed by atoms with E-state index in [2.05, 4.69) is 103 Å². The maximum Gasteiger partial charge on any atom is 0.252 e. The molecule has 1 aliphatic carbocycles. The number of amides is 3. The van der Waals surface area contributed by atoms with Gasteiger partial charge in [-0.3, -0.25) is 29.1 Å². The van der Waals surface area contributed by atoms with Crippen molar-refractivity contribution in [1.29, 1.82) is 0 Å². The molecule has 1 saturated carbocycles. The van der Waals surface area contributed by atoms with Gasteiger partial charge in [-0.2, -0.15) is 0 Å². The number of carbonyl (C=O) groups excluding carboxylic acids is 3. The lowest BCUT2D eigenvalue weighted by Gasteiger charge is -2.38. The summed E-state index contributed by atoms with van der Waals surface area (Å²) in [6, 6.07) is 42.3. The van der Waals surface area contributed by atoms with E-state index in [1.54, 1.807) is 26.2 Å². The highest BCUT2D eigenvalue weighted by Crippen LogP contribution is 2.51. The molecule has 7 unspecified atom stereocenters. The highest BCUT2D eigenvalue weighted by molar-refractivity contribution is 7.80. The minimum absolute atomic E-state index is 0.0282. The van der Waals surface area contributed by atoms with Crippen molar-refractivity contribution < 1.29 is 28.6 Å². The van der Waals surface area contributed by atoms with Crippen LogP contribution >= 0.6 is 36.7 Å². The Morgan fingerprint density at radius 1 is 0.522 bits per heavy atom. The summed E-state index contributed by atoms with van der Waals surface area (Å²) < 4.78 is 18.0.